The smallest absolute Gasteiger partial charge is 0.407 e. The first-order valence-corrected chi connectivity index (χ1v) is 10.6. The van der Waals surface area contributed by atoms with Crippen LogP contribution in [0.3, 0.4) is 0 Å². The van der Waals surface area contributed by atoms with Gasteiger partial charge in [-0.1, -0.05) is 42.5 Å². The van der Waals surface area contributed by atoms with Crippen LogP contribution in [-0.4, -0.2) is 53.2 Å². The highest BCUT2D eigenvalue weighted by molar-refractivity contribution is 5.87. The number of ether oxygens (including phenoxy) is 2. The van der Waals surface area contributed by atoms with Gasteiger partial charge in [0.1, 0.15) is 19.2 Å². The molecule has 3 N–H and O–H groups in total. The second-order valence-corrected chi connectivity index (χ2v) is 7.26. The lowest BCUT2D eigenvalue weighted by atomic mass is 9.88. The fourth-order valence-corrected chi connectivity index (χ4v) is 3.16. The number of hydrogen-bond acceptors (Lipinski definition) is 8. The first kappa shape index (κ1) is 26.8. The van der Waals surface area contributed by atoms with Crippen LogP contribution in [0.5, 0.6) is 0 Å². The summed E-state index contributed by atoms with van der Waals surface area (Å²) in [5.74, 6) is -4.09. The van der Waals surface area contributed by atoms with Gasteiger partial charge in [0.25, 0.3) is 5.69 Å². The molecule has 0 saturated heterocycles. The fraction of sp³-hybridized carbons (Fsp3) is 0.304. The SMILES string of the molecule is CCOC(=O)C[C@@H](c1ccc([N+](=O)[O-])cc1)[C@H](NC(=O)CNC(=O)OCc1ccccc1)C(=O)O. The standard InChI is InChI=1S/C23H25N3O9/c1-2-34-20(28)12-18(16-8-10-17(11-9-16)26(32)33)21(22(29)30)25-19(27)13-24-23(31)35-14-15-6-4-3-5-7-15/h3-11,18,21H,2,12-14H2,1H3,(H,24,31)(H,25,27)(H,29,30)/t18-,21-/m0/s1. The monoisotopic (exact) mass is 487 g/mol. The highest BCUT2D eigenvalue weighted by Gasteiger charge is 2.33. The predicted molar refractivity (Wildman–Crippen MR) is 121 cm³/mol. The summed E-state index contributed by atoms with van der Waals surface area (Å²) in [5, 5.41) is 25.2. The van der Waals surface area contributed by atoms with Crippen LogP contribution < -0.4 is 10.6 Å². The quantitative estimate of drug-likeness (QED) is 0.230. The molecule has 12 heteroatoms. The molecule has 0 spiro atoms. The molecule has 0 aliphatic heterocycles. The van der Waals surface area contributed by atoms with E-state index in [2.05, 4.69) is 10.6 Å². The van der Waals surface area contributed by atoms with Crippen molar-refractivity contribution in [2.24, 2.45) is 0 Å². The normalized spacial score (nSPS) is 12.0. The molecule has 2 atom stereocenters. The van der Waals surface area contributed by atoms with Crippen LogP contribution in [0.2, 0.25) is 0 Å². The number of amides is 2. The average Bonchev–Trinajstić information content (AvgIpc) is 2.84. The van der Waals surface area contributed by atoms with Gasteiger partial charge >= 0.3 is 18.0 Å². The maximum Gasteiger partial charge on any atom is 0.407 e. The van der Waals surface area contributed by atoms with Crippen LogP contribution in [0.15, 0.2) is 54.6 Å². The highest BCUT2D eigenvalue weighted by atomic mass is 16.6. The molecule has 0 radical (unpaired) electrons. The minimum atomic E-state index is -1.59. The van der Waals surface area contributed by atoms with E-state index in [0.717, 1.165) is 5.56 Å². The number of carbonyl (C=O) groups excluding carboxylic acids is 3. The minimum Gasteiger partial charge on any atom is -0.480 e. The first-order valence-electron chi connectivity index (χ1n) is 10.6. The number of alkyl carbamates (subject to hydrolysis) is 1. The molecule has 186 valence electrons. The Morgan fingerprint density at radius 3 is 2.26 bits per heavy atom. The Hall–Kier alpha value is -4.48. The molecule has 0 aliphatic carbocycles. The van der Waals surface area contributed by atoms with Crippen LogP contribution in [0.25, 0.3) is 0 Å². The van der Waals surface area contributed by atoms with Crippen molar-refractivity contribution < 1.29 is 38.7 Å². The number of esters is 1. The summed E-state index contributed by atoms with van der Waals surface area (Å²) < 4.78 is 9.90. The fourth-order valence-electron chi connectivity index (χ4n) is 3.16. The molecule has 2 amide bonds. The van der Waals surface area contributed by atoms with Gasteiger partial charge in [-0.15, -0.1) is 0 Å². The molecule has 0 unspecified atom stereocenters. The van der Waals surface area contributed by atoms with Crippen molar-refractivity contribution in [3.63, 3.8) is 0 Å². The minimum absolute atomic E-state index is 0.0200. The Morgan fingerprint density at radius 1 is 1.03 bits per heavy atom. The third-order valence-corrected chi connectivity index (χ3v) is 4.81. The van der Waals surface area contributed by atoms with Gasteiger partial charge in [-0.3, -0.25) is 19.7 Å². The van der Waals surface area contributed by atoms with Crippen molar-refractivity contribution >= 4 is 29.6 Å². The second kappa shape index (κ2) is 13.3. The summed E-state index contributed by atoms with van der Waals surface area (Å²) in [5.41, 5.74) is 0.785. The Bertz CT molecular complexity index is 1040. The Kier molecular flexibility index (Phi) is 10.2. The lowest BCUT2D eigenvalue weighted by molar-refractivity contribution is -0.384. The van der Waals surface area contributed by atoms with E-state index in [1.54, 1.807) is 37.3 Å². The summed E-state index contributed by atoms with van der Waals surface area (Å²) in [6.45, 7) is 1.04. The van der Waals surface area contributed by atoms with Gasteiger partial charge in [-0.25, -0.2) is 9.59 Å². The van der Waals surface area contributed by atoms with Crippen molar-refractivity contribution in [3.05, 3.63) is 75.8 Å². The van der Waals surface area contributed by atoms with Crippen LogP contribution in [0, 0.1) is 10.1 Å². The van der Waals surface area contributed by atoms with E-state index in [1.807, 2.05) is 0 Å². The Balaban J connectivity index is 2.07. The number of nitro groups is 1. The third-order valence-electron chi connectivity index (χ3n) is 4.81. The van der Waals surface area contributed by atoms with Crippen LogP contribution in [0.4, 0.5) is 10.5 Å². The summed E-state index contributed by atoms with van der Waals surface area (Å²) in [7, 11) is 0. The molecule has 2 aromatic rings. The van der Waals surface area contributed by atoms with Crippen molar-refractivity contribution in [1.29, 1.82) is 0 Å². The number of carbonyl (C=O) groups is 4. The molecule has 35 heavy (non-hydrogen) atoms. The van der Waals surface area contributed by atoms with E-state index < -0.39 is 53.8 Å². The van der Waals surface area contributed by atoms with E-state index in [-0.39, 0.29) is 24.5 Å². The molecule has 2 aromatic carbocycles. The topological polar surface area (TPSA) is 174 Å². The summed E-state index contributed by atoms with van der Waals surface area (Å²) in [4.78, 5) is 58.6. The van der Waals surface area contributed by atoms with Gasteiger partial charge < -0.3 is 25.2 Å². The van der Waals surface area contributed by atoms with Crippen molar-refractivity contribution in [2.75, 3.05) is 13.2 Å². The molecular weight excluding hydrogens is 462 g/mol. The number of aliphatic carboxylic acids is 1. The molecule has 0 bridgehead atoms. The first-order chi connectivity index (χ1) is 16.7. The number of nitro benzene ring substituents is 1. The van der Waals surface area contributed by atoms with Gasteiger partial charge in [0, 0.05) is 18.1 Å². The number of hydrogen-bond donors (Lipinski definition) is 3. The number of non-ortho nitro benzene ring substituents is 1. The lowest BCUT2D eigenvalue weighted by Gasteiger charge is -2.25. The van der Waals surface area contributed by atoms with E-state index in [4.69, 9.17) is 9.47 Å². The number of carboxylic acid groups (broad SMARTS) is 1. The second-order valence-electron chi connectivity index (χ2n) is 7.26. The lowest BCUT2D eigenvalue weighted by Crippen LogP contribution is -2.49. The maximum absolute atomic E-state index is 12.4. The molecule has 12 nitrogen and oxygen atoms in total. The van der Waals surface area contributed by atoms with Gasteiger partial charge in [-0.2, -0.15) is 0 Å². The molecule has 2 rings (SSSR count). The molecule has 0 saturated carbocycles. The molecule has 0 aliphatic rings. The zero-order valence-electron chi connectivity index (χ0n) is 18.8. The number of nitrogens with one attached hydrogen (secondary N) is 2. The molecule has 0 aromatic heterocycles. The van der Waals surface area contributed by atoms with E-state index >= 15 is 0 Å². The largest absolute Gasteiger partial charge is 0.480 e. The molecule has 0 heterocycles. The number of carboxylic acids is 1. The predicted octanol–water partition coefficient (Wildman–Crippen LogP) is 2.13. The number of nitrogens with zero attached hydrogens (tertiary/aromatic N) is 1. The van der Waals surface area contributed by atoms with Crippen LogP contribution >= 0.6 is 0 Å². The zero-order valence-corrected chi connectivity index (χ0v) is 18.8. The molecular formula is C23H25N3O9. The van der Waals surface area contributed by atoms with Crippen molar-refractivity contribution in [1.82, 2.24) is 10.6 Å². The Morgan fingerprint density at radius 2 is 1.69 bits per heavy atom. The number of benzene rings is 2. The summed E-state index contributed by atoms with van der Waals surface area (Å²) >= 11 is 0. The third kappa shape index (κ3) is 8.76. The average molecular weight is 487 g/mol. The summed E-state index contributed by atoms with van der Waals surface area (Å²) in [6, 6.07) is 12.2. The highest BCUT2D eigenvalue weighted by Crippen LogP contribution is 2.27. The maximum atomic E-state index is 12.4. The molecule has 0 fully saturated rings. The van der Waals surface area contributed by atoms with Crippen LogP contribution in [-0.2, 0) is 30.5 Å². The number of rotatable bonds is 12. The van der Waals surface area contributed by atoms with Gasteiger partial charge in [0.15, 0.2) is 0 Å². The van der Waals surface area contributed by atoms with Gasteiger partial charge in [-0.05, 0) is 18.1 Å². The summed E-state index contributed by atoms with van der Waals surface area (Å²) in [6.07, 6.45) is -1.29. The van der Waals surface area contributed by atoms with Gasteiger partial charge in [0.05, 0.1) is 18.0 Å². The van der Waals surface area contributed by atoms with Crippen molar-refractivity contribution in [2.45, 2.75) is 31.9 Å². The van der Waals surface area contributed by atoms with Crippen molar-refractivity contribution in [3.8, 4) is 0 Å². The van der Waals surface area contributed by atoms with Gasteiger partial charge in [0.2, 0.25) is 5.91 Å². The van der Waals surface area contributed by atoms with E-state index in [0.29, 0.717) is 0 Å². The Labute approximate surface area is 200 Å². The van der Waals surface area contributed by atoms with Crippen LogP contribution in [0.1, 0.15) is 30.4 Å². The zero-order chi connectivity index (χ0) is 25.8. The van der Waals surface area contributed by atoms with E-state index in [9.17, 15) is 34.4 Å². The van der Waals surface area contributed by atoms with E-state index in [1.165, 1.54) is 24.3 Å².